The lowest BCUT2D eigenvalue weighted by molar-refractivity contribution is 0.195. The molecule has 0 aliphatic rings. The summed E-state index contributed by atoms with van der Waals surface area (Å²) in [6.07, 6.45) is 0.922. The van der Waals surface area contributed by atoms with Crippen LogP contribution >= 0.6 is 24.0 Å². The average Bonchev–Trinajstić information content (AvgIpc) is 2.61. The minimum Gasteiger partial charge on any atom is -0.493 e. The number of benzene rings is 1. The number of methoxy groups -OCH3 is 2. The summed E-state index contributed by atoms with van der Waals surface area (Å²) in [5.41, 5.74) is 1.01. The van der Waals surface area contributed by atoms with E-state index in [-0.39, 0.29) is 37.2 Å². The van der Waals surface area contributed by atoms with Gasteiger partial charge in [0, 0.05) is 26.8 Å². The van der Waals surface area contributed by atoms with Crippen molar-refractivity contribution >= 4 is 29.9 Å². The van der Waals surface area contributed by atoms with E-state index in [9.17, 15) is 0 Å². The zero-order valence-electron chi connectivity index (χ0n) is 15.2. The lowest BCUT2D eigenvalue weighted by Crippen LogP contribution is -2.38. The van der Waals surface area contributed by atoms with Gasteiger partial charge < -0.3 is 30.0 Å². The number of rotatable bonds is 11. The highest BCUT2D eigenvalue weighted by Gasteiger charge is 2.06. The molecule has 0 saturated heterocycles. The van der Waals surface area contributed by atoms with Gasteiger partial charge in [0.1, 0.15) is 6.61 Å². The Bertz CT molecular complexity index is 501. The molecule has 0 fully saturated rings. The van der Waals surface area contributed by atoms with Gasteiger partial charge in [-0.1, -0.05) is 6.07 Å². The molecule has 0 spiro atoms. The van der Waals surface area contributed by atoms with Crippen LogP contribution in [0.4, 0.5) is 0 Å². The Morgan fingerprint density at radius 1 is 1.16 bits per heavy atom. The first-order valence-electron chi connectivity index (χ1n) is 8.16. The Labute approximate surface area is 167 Å². The Hall–Kier alpha value is -1.26. The first-order valence-corrected chi connectivity index (χ1v) is 8.16. The summed E-state index contributed by atoms with van der Waals surface area (Å²) in [5, 5.41) is 15.3. The number of ether oxygens (including phenoxy) is 3. The summed E-state index contributed by atoms with van der Waals surface area (Å²) in [7, 11) is 3.29. The number of hydrogen-bond acceptors (Lipinski definition) is 5. The summed E-state index contributed by atoms with van der Waals surface area (Å²) in [6, 6.07) is 5.66. The van der Waals surface area contributed by atoms with Crippen molar-refractivity contribution in [3.63, 3.8) is 0 Å². The van der Waals surface area contributed by atoms with Crippen LogP contribution in [-0.2, 0) is 11.3 Å². The van der Waals surface area contributed by atoms with Gasteiger partial charge in [-0.2, -0.15) is 0 Å². The monoisotopic (exact) mass is 467 g/mol. The van der Waals surface area contributed by atoms with Gasteiger partial charge in [-0.05, 0) is 31.0 Å². The second kappa shape index (κ2) is 15.0. The third-order valence-corrected chi connectivity index (χ3v) is 3.16. The average molecular weight is 467 g/mol. The van der Waals surface area contributed by atoms with Gasteiger partial charge >= 0.3 is 0 Å². The van der Waals surface area contributed by atoms with E-state index in [0.717, 1.165) is 37.6 Å². The third kappa shape index (κ3) is 9.71. The first-order chi connectivity index (χ1) is 11.7. The molecule has 0 amide bonds. The minimum atomic E-state index is -0.0318. The number of aliphatic imine (C=N–C) groups is 1. The molecule has 25 heavy (non-hydrogen) atoms. The van der Waals surface area contributed by atoms with Gasteiger partial charge in [0.2, 0.25) is 0 Å². The molecule has 0 heterocycles. The number of nitrogens with one attached hydrogen (secondary N) is 2. The molecule has 1 aromatic rings. The van der Waals surface area contributed by atoms with Crippen molar-refractivity contribution in [1.29, 1.82) is 0 Å². The normalized spacial score (nSPS) is 10.8. The van der Waals surface area contributed by atoms with Gasteiger partial charge in [0.15, 0.2) is 17.5 Å². The quantitative estimate of drug-likeness (QED) is 0.199. The van der Waals surface area contributed by atoms with E-state index in [1.807, 2.05) is 25.1 Å². The van der Waals surface area contributed by atoms with Crippen LogP contribution in [0.25, 0.3) is 0 Å². The molecule has 1 rings (SSSR count). The van der Waals surface area contributed by atoms with E-state index < -0.39 is 0 Å². The van der Waals surface area contributed by atoms with Gasteiger partial charge in [-0.15, -0.1) is 24.0 Å². The van der Waals surface area contributed by atoms with Crippen molar-refractivity contribution in [2.45, 2.75) is 19.9 Å². The summed E-state index contributed by atoms with van der Waals surface area (Å²) in [5.74, 6) is 2.02. The summed E-state index contributed by atoms with van der Waals surface area (Å²) < 4.78 is 15.8. The van der Waals surface area contributed by atoms with E-state index in [1.54, 1.807) is 14.2 Å². The van der Waals surface area contributed by atoms with Crippen LogP contribution in [0.5, 0.6) is 11.5 Å². The smallest absolute Gasteiger partial charge is 0.191 e. The Kier molecular flexibility index (Phi) is 14.3. The predicted molar refractivity (Wildman–Crippen MR) is 110 cm³/mol. The van der Waals surface area contributed by atoms with Crippen molar-refractivity contribution in [2.75, 3.05) is 47.1 Å². The molecular formula is C17H30IN3O4. The number of aliphatic hydroxyl groups is 1. The highest BCUT2D eigenvalue weighted by Crippen LogP contribution is 2.28. The standard InChI is InChI=1S/C17H29N3O4.HI/c1-4-18-17(19-8-5-10-22-2)20-13-14-6-7-15(24-11-9-21)16(12-14)23-3;/h6-7,12,21H,4-5,8-11,13H2,1-3H3,(H2,18,19,20);1H. The number of guanidine groups is 1. The molecule has 3 N–H and O–H groups in total. The van der Waals surface area contributed by atoms with E-state index in [2.05, 4.69) is 15.6 Å². The molecule has 144 valence electrons. The number of nitrogens with zero attached hydrogens (tertiary/aromatic N) is 1. The van der Waals surface area contributed by atoms with Gasteiger partial charge in [0.05, 0.1) is 20.3 Å². The van der Waals surface area contributed by atoms with Crippen LogP contribution in [0.2, 0.25) is 0 Å². The predicted octanol–water partition coefficient (Wildman–Crippen LogP) is 1.78. The largest absolute Gasteiger partial charge is 0.493 e. The lowest BCUT2D eigenvalue weighted by atomic mass is 10.2. The van der Waals surface area contributed by atoms with E-state index in [4.69, 9.17) is 19.3 Å². The third-order valence-electron chi connectivity index (χ3n) is 3.16. The van der Waals surface area contributed by atoms with Crippen LogP contribution in [0.3, 0.4) is 0 Å². The number of aliphatic hydroxyl groups excluding tert-OH is 1. The molecule has 1 aromatic carbocycles. The SMILES string of the molecule is CCNC(=NCc1ccc(OCCO)c(OC)c1)NCCCOC.I. The lowest BCUT2D eigenvalue weighted by Gasteiger charge is -2.12. The fraction of sp³-hybridized carbons (Fsp3) is 0.588. The maximum atomic E-state index is 8.84. The molecule has 0 bridgehead atoms. The number of halogens is 1. The summed E-state index contributed by atoms with van der Waals surface area (Å²) >= 11 is 0. The molecule has 7 nitrogen and oxygen atoms in total. The highest BCUT2D eigenvalue weighted by atomic mass is 127. The van der Waals surface area contributed by atoms with E-state index >= 15 is 0 Å². The molecule has 0 radical (unpaired) electrons. The zero-order chi connectivity index (χ0) is 17.6. The highest BCUT2D eigenvalue weighted by molar-refractivity contribution is 14.0. The molecular weight excluding hydrogens is 437 g/mol. The molecule has 0 unspecified atom stereocenters. The summed E-state index contributed by atoms with van der Waals surface area (Å²) in [4.78, 5) is 4.57. The first kappa shape index (κ1) is 23.7. The molecule has 8 heteroatoms. The topological polar surface area (TPSA) is 84.3 Å². The molecule has 0 aliphatic heterocycles. The maximum absolute atomic E-state index is 8.84. The van der Waals surface area contributed by atoms with Gasteiger partial charge in [-0.25, -0.2) is 4.99 Å². The second-order valence-electron chi connectivity index (χ2n) is 5.03. The van der Waals surface area contributed by atoms with Crippen molar-refractivity contribution in [3.8, 4) is 11.5 Å². The van der Waals surface area contributed by atoms with Crippen LogP contribution in [0.1, 0.15) is 18.9 Å². The van der Waals surface area contributed by atoms with Crippen molar-refractivity contribution < 1.29 is 19.3 Å². The van der Waals surface area contributed by atoms with Gasteiger partial charge in [-0.3, -0.25) is 0 Å². The fourth-order valence-electron chi connectivity index (χ4n) is 2.02. The maximum Gasteiger partial charge on any atom is 0.191 e. The number of hydrogen-bond donors (Lipinski definition) is 3. The Morgan fingerprint density at radius 2 is 1.96 bits per heavy atom. The van der Waals surface area contributed by atoms with Crippen LogP contribution in [0.15, 0.2) is 23.2 Å². The minimum absolute atomic E-state index is 0. The Balaban J connectivity index is 0.00000576. The molecule has 0 aromatic heterocycles. The van der Waals surface area contributed by atoms with E-state index in [1.165, 1.54) is 0 Å². The van der Waals surface area contributed by atoms with E-state index in [0.29, 0.717) is 18.0 Å². The fourth-order valence-corrected chi connectivity index (χ4v) is 2.02. The molecule has 0 saturated carbocycles. The molecule has 0 aliphatic carbocycles. The zero-order valence-corrected chi connectivity index (χ0v) is 17.5. The van der Waals surface area contributed by atoms with Crippen LogP contribution in [-0.4, -0.2) is 58.2 Å². The van der Waals surface area contributed by atoms with Crippen molar-refractivity contribution in [2.24, 2.45) is 4.99 Å². The van der Waals surface area contributed by atoms with Crippen molar-refractivity contribution in [3.05, 3.63) is 23.8 Å². The summed E-state index contributed by atoms with van der Waals surface area (Å²) in [6.45, 7) is 5.09. The molecule has 0 atom stereocenters. The van der Waals surface area contributed by atoms with Crippen molar-refractivity contribution in [1.82, 2.24) is 10.6 Å². The van der Waals surface area contributed by atoms with Crippen LogP contribution in [0, 0.1) is 0 Å². The van der Waals surface area contributed by atoms with Gasteiger partial charge in [0.25, 0.3) is 0 Å². The Morgan fingerprint density at radius 3 is 2.60 bits per heavy atom. The van der Waals surface area contributed by atoms with Crippen LogP contribution < -0.4 is 20.1 Å². The second-order valence-corrected chi connectivity index (χ2v) is 5.03.